The van der Waals surface area contributed by atoms with E-state index in [9.17, 15) is 0 Å². The number of fused-ring (bicyclic) bond motifs is 9. The van der Waals surface area contributed by atoms with Crippen LogP contribution in [0.5, 0.6) is 0 Å². The lowest BCUT2D eigenvalue weighted by atomic mass is 8.57. The average Bonchev–Trinajstić information content (AvgIpc) is 2.75. The Morgan fingerprint density at radius 2 is 1.11 bits per heavy atom. The molecule has 22 aliphatic carbocycles. The highest BCUT2D eigenvalue weighted by Crippen LogP contribution is 3.47. The van der Waals surface area contributed by atoms with Gasteiger partial charge in [0.15, 0.2) is 0 Å². The van der Waals surface area contributed by atoms with E-state index in [1.807, 2.05) is 25.7 Å². The molecule has 0 aromatic heterocycles. The Kier molecular flexibility index (Phi) is 0.946. The predicted molar refractivity (Wildman–Crippen MR) is 124 cm³/mol. The lowest BCUT2D eigenvalue weighted by molar-refractivity contribution is -1.00. The SMILES string of the molecule is C1C2CC34C2C2CC5C6C7CC89C7C7CC%10C%11C%12CC%13C%14C%15C%16C1CC%161C%15%16C%15(CC6(C253)C41%15)C81C%11(C7%109)C%12%13C%14%161. The molecule has 22 fully saturated rings. The van der Waals surface area contributed by atoms with Gasteiger partial charge in [0, 0.05) is 0 Å². The standard InChI is InChI=1S/C37H32/c1-9-5-25-18(9)12-2-13-21-11-7-26-20(11)14-3-15-22-16-4-17-23-24-19-10(1)6-27(19)33(24)29(8-28(21,30(12,13)25)36(25,27)29)37(26)34(22,31(14,15)26)32(16,17)35(23,33)37/h9-24H,1-8H2. The van der Waals surface area contributed by atoms with Crippen LogP contribution in [-0.4, -0.2) is 0 Å². The van der Waals surface area contributed by atoms with Gasteiger partial charge in [-0.25, -0.2) is 0 Å². The first-order valence-electron chi connectivity index (χ1n) is 18.3. The lowest BCUT2D eigenvalue weighted by Crippen LogP contribution is -3.43. The summed E-state index contributed by atoms with van der Waals surface area (Å²) >= 11 is 0. The maximum absolute atomic E-state index is 1.96. The Morgan fingerprint density at radius 3 is 2.05 bits per heavy atom. The van der Waals surface area contributed by atoms with Crippen molar-refractivity contribution >= 4 is 0 Å². The zero-order valence-corrected chi connectivity index (χ0v) is 21.4. The van der Waals surface area contributed by atoms with Crippen LogP contribution in [0, 0.1) is 165 Å². The minimum Gasteiger partial charge on any atom is -0.0470 e. The molecule has 0 heterocycles. The van der Waals surface area contributed by atoms with Crippen molar-refractivity contribution in [3.05, 3.63) is 0 Å². The van der Waals surface area contributed by atoms with Crippen molar-refractivity contribution in [3.8, 4) is 0 Å². The van der Waals surface area contributed by atoms with Gasteiger partial charge in [-0.05, 0) is 216 Å². The van der Waals surface area contributed by atoms with Crippen molar-refractivity contribution in [1.29, 1.82) is 0 Å². The Hall–Kier alpha value is 0. The second-order valence-electron chi connectivity index (χ2n) is 22.6. The molecule has 13 spiro atoms. The third kappa shape index (κ3) is 0.417. The van der Waals surface area contributed by atoms with E-state index in [4.69, 9.17) is 0 Å². The van der Waals surface area contributed by atoms with Crippen molar-refractivity contribution in [2.75, 3.05) is 0 Å². The molecular formula is C37H32. The van der Waals surface area contributed by atoms with Gasteiger partial charge in [0.1, 0.15) is 0 Å². The first-order chi connectivity index (χ1) is 18.3. The van der Waals surface area contributed by atoms with Gasteiger partial charge in [-0.3, -0.25) is 0 Å². The Morgan fingerprint density at radius 1 is 0.405 bits per heavy atom. The molecule has 0 heteroatoms. The first-order valence-corrected chi connectivity index (χ1v) is 18.3. The predicted octanol–water partition coefficient (Wildman–Crippen LogP) is 5.09. The summed E-state index contributed by atoms with van der Waals surface area (Å²) in [6.45, 7) is 0. The van der Waals surface area contributed by atoms with Crippen LogP contribution in [0.25, 0.3) is 0 Å². The van der Waals surface area contributed by atoms with Gasteiger partial charge < -0.3 is 0 Å². The summed E-state index contributed by atoms with van der Waals surface area (Å²) < 4.78 is 0. The Bertz CT molecular complexity index is 1890. The fraction of sp³-hybridized carbons (Fsp3) is 1.00. The summed E-state index contributed by atoms with van der Waals surface area (Å²) in [5, 5.41) is 0. The minimum absolute atomic E-state index is 1.02. The lowest BCUT2D eigenvalue weighted by Gasteiger charge is -3.45. The van der Waals surface area contributed by atoms with Crippen LogP contribution < -0.4 is 0 Å². The molecule has 22 aliphatic rings. The summed E-state index contributed by atoms with van der Waals surface area (Å²) in [5.41, 5.74) is 13.7. The van der Waals surface area contributed by atoms with Crippen molar-refractivity contribution < 1.29 is 0 Å². The summed E-state index contributed by atoms with van der Waals surface area (Å²) in [6, 6.07) is 0. The van der Waals surface area contributed by atoms with E-state index in [1.165, 1.54) is 94.7 Å². The summed E-state index contributed by atoms with van der Waals surface area (Å²) in [7, 11) is 0. The average molecular weight is 477 g/mol. The number of hydrogen-bond donors (Lipinski definition) is 0. The molecule has 22 saturated carbocycles. The van der Waals surface area contributed by atoms with Gasteiger partial charge in [0.25, 0.3) is 0 Å². The molecule has 29 unspecified atom stereocenters. The van der Waals surface area contributed by atoms with E-state index in [0.29, 0.717) is 0 Å². The third-order valence-electron chi connectivity index (χ3n) is 28.3. The van der Waals surface area contributed by atoms with Gasteiger partial charge >= 0.3 is 0 Å². The molecule has 29 atom stereocenters. The Labute approximate surface area is 216 Å². The van der Waals surface area contributed by atoms with Crippen LogP contribution in [0.2, 0.25) is 0 Å². The van der Waals surface area contributed by atoms with Crippen LogP contribution >= 0.6 is 0 Å². The molecule has 0 aromatic carbocycles. The number of hydrogen-bond acceptors (Lipinski definition) is 0. The first kappa shape index (κ1) is 14.3. The van der Waals surface area contributed by atoms with Crippen molar-refractivity contribution in [3.63, 3.8) is 0 Å². The van der Waals surface area contributed by atoms with Crippen LogP contribution in [0.4, 0.5) is 0 Å². The minimum atomic E-state index is 1.02. The largest absolute Gasteiger partial charge is 0.0470 e. The van der Waals surface area contributed by atoms with E-state index >= 15 is 0 Å². The highest BCUT2D eigenvalue weighted by molar-refractivity contribution is 5.90. The summed E-state index contributed by atoms with van der Waals surface area (Å²) in [5.74, 6) is 21.2. The molecular weight excluding hydrogens is 444 g/mol. The van der Waals surface area contributed by atoms with Crippen LogP contribution in [0.15, 0.2) is 0 Å². The van der Waals surface area contributed by atoms with Crippen molar-refractivity contribution in [1.82, 2.24) is 0 Å². The molecule has 0 saturated heterocycles. The maximum Gasteiger partial charge on any atom is -0.00222 e. The molecule has 0 nitrogen and oxygen atoms in total. The maximum atomic E-state index is 1.96. The second kappa shape index (κ2) is 2.46. The topological polar surface area (TPSA) is 0 Å². The zero-order valence-electron chi connectivity index (χ0n) is 21.4. The Balaban J connectivity index is 1.03. The summed E-state index contributed by atoms with van der Waals surface area (Å²) in [6.07, 6.45) is 14.7. The zero-order chi connectivity index (χ0) is 21.4. The van der Waals surface area contributed by atoms with Crippen molar-refractivity contribution in [2.45, 2.75) is 51.4 Å². The molecule has 22 rings (SSSR count). The molecule has 0 amide bonds. The van der Waals surface area contributed by atoms with Gasteiger partial charge in [-0.1, -0.05) is 0 Å². The van der Waals surface area contributed by atoms with E-state index < -0.39 is 0 Å². The molecule has 8 bridgehead atoms. The monoisotopic (exact) mass is 476 g/mol. The highest BCUT2D eigenvalue weighted by Gasteiger charge is 3.45. The molecule has 180 valence electrons. The van der Waals surface area contributed by atoms with Crippen LogP contribution in [0.1, 0.15) is 51.4 Å². The fourth-order valence-electron chi connectivity index (χ4n) is 33.9. The molecule has 37 heavy (non-hydrogen) atoms. The van der Waals surface area contributed by atoms with E-state index in [-0.39, 0.29) is 0 Å². The third-order valence-corrected chi connectivity index (χ3v) is 28.3. The molecule has 0 aromatic rings. The van der Waals surface area contributed by atoms with Crippen LogP contribution in [-0.2, 0) is 0 Å². The summed E-state index contributed by atoms with van der Waals surface area (Å²) in [4.78, 5) is 0. The molecule has 0 radical (unpaired) electrons. The second-order valence-corrected chi connectivity index (χ2v) is 22.6. The van der Waals surface area contributed by atoms with Gasteiger partial charge in [0.05, 0.1) is 0 Å². The highest BCUT2D eigenvalue weighted by atomic mass is 15.5. The smallest absolute Gasteiger partial charge is 0.00222 e. The van der Waals surface area contributed by atoms with Crippen LogP contribution in [0.3, 0.4) is 0 Å². The van der Waals surface area contributed by atoms with Crippen molar-refractivity contribution in [2.24, 2.45) is 165 Å². The van der Waals surface area contributed by atoms with E-state index in [2.05, 4.69) is 0 Å². The van der Waals surface area contributed by atoms with Gasteiger partial charge in [-0.2, -0.15) is 0 Å². The quantitative estimate of drug-likeness (QED) is 0.457. The molecule has 0 aliphatic heterocycles. The normalized spacial score (nSPS) is 119. The molecule has 0 N–H and O–H groups in total. The number of rotatable bonds is 0. The van der Waals surface area contributed by atoms with Gasteiger partial charge in [0.2, 0.25) is 0 Å². The van der Waals surface area contributed by atoms with Gasteiger partial charge in [-0.15, -0.1) is 0 Å². The van der Waals surface area contributed by atoms with E-state index in [0.717, 1.165) is 70.4 Å². The van der Waals surface area contributed by atoms with E-state index in [1.54, 1.807) is 25.7 Å². The fourth-order valence-corrected chi connectivity index (χ4v) is 33.9.